The van der Waals surface area contributed by atoms with Crippen LogP contribution in [0, 0.1) is 0 Å². The minimum Gasteiger partial charge on any atom is -0.496 e. The number of halogens is 1. The third kappa shape index (κ3) is 5.71. The lowest BCUT2D eigenvalue weighted by Crippen LogP contribution is -2.33. The van der Waals surface area contributed by atoms with E-state index in [1.807, 2.05) is 0 Å². The van der Waals surface area contributed by atoms with Crippen LogP contribution in [0.25, 0.3) is 0 Å². The lowest BCUT2D eigenvalue weighted by molar-refractivity contribution is -0.115. The molecule has 0 radical (unpaired) electrons. The van der Waals surface area contributed by atoms with Crippen molar-refractivity contribution in [3.63, 3.8) is 0 Å². The summed E-state index contributed by atoms with van der Waals surface area (Å²) in [6.45, 7) is 3.77. The van der Waals surface area contributed by atoms with Crippen LogP contribution in [0.2, 0.25) is 5.02 Å². The van der Waals surface area contributed by atoms with E-state index in [0.717, 1.165) is 0 Å². The second kappa shape index (κ2) is 10.4. The number of hydrogen-bond acceptors (Lipinski definition) is 5. The van der Waals surface area contributed by atoms with Gasteiger partial charge in [-0.3, -0.25) is 9.59 Å². The highest BCUT2D eigenvalue weighted by atomic mass is 35.5. The van der Waals surface area contributed by atoms with Gasteiger partial charge >= 0.3 is 0 Å². The molecule has 8 nitrogen and oxygen atoms in total. The van der Waals surface area contributed by atoms with Gasteiger partial charge in [0.25, 0.3) is 5.91 Å². The average Bonchev–Trinajstić information content (AvgIpc) is 2.73. The van der Waals surface area contributed by atoms with E-state index < -0.39 is 21.8 Å². The molecule has 0 aliphatic rings. The number of carbonyl (C=O) groups excluding carboxylic acids is 2. The molecule has 0 aromatic heterocycles. The van der Waals surface area contributed by atoms with E-state index in [4.69, 9.17) is 16.3 Å². The van der Waals surface area contributed by atoms with Gasteiger partial charge in [0, 0.05) is 23.8 Å². The first-order valence-corrected chi connectivity index (χ1v) is 11.1. The highest BCUT2D eigenvalue weighted by Gasteiger charge is 2.24. The summed E-state index contributed by atoms with van der Waals surface area (Å²) >= 11 is 5.80. The lowest BCUT2D eigenvalue weighted by Gasteiger charge is -2.19. The Hall–Kier alpha value is -2.62. The maximum absolute atomic E-state index is 12.7. The summed E-state index contributed by atoms with van der Waals surface area (Å²) in [5.41, 5.74) is 0.550. The van der Waals surface area contributed by atoms with Crippen molar-refractivity contribution < 1.29 is 22.7 Å². The Kier molecular flexibility index (Phi) is 8.22. The minimum absolute atomic E-state index is 0.0185. The van der Waals surface area contributed by atoms with Gasteiger partial charge in [0.15, 0.2) is 0 Å². The maximum atomic E-state index is 12.7. The molecule has 0 saturated heterocycles. The van der Waals surface area contributed by atoms with Gasteiger partial charge in [-0.15, -0.1) is 0 Å². The van der Waals surface area contributed by atoms with Crippen LogP contribution in [-0.4, -0.2) is 51.3 Å². The van der Waals surface area contributed by atoms with E-state index in [-0.39, 0.29) is 22.8 Å². The van der Waals surface area contributed by atoms with Crippen LogP contribution in [0.3, 0.4) is 0 Å². The molecule has 2 rings (SSSR count). The Bertz CT molecular complexity index is 1010. The van der Waals surface area contributed by atoms with E-state index in [9.17, 15) is 18.0 Å². The number of carbonyl (C=O) groups is 2. The number of ether oxygens (including phenoxy) is 1. The summed E-state index contributed by atoms with van der Waals surface area (Å²) in [5.74, 6) is -0.879. The Morgan fingerprint density at radius 1 is 1.07 bits per heavy atom. The molecule has 0 saturated carbocycles. The van der Waals surface area contributed by atoms with E-state index >= 15 is 0 Å². The molecule has 2 N–H and O–H groups in total. The van der Waals surface area contributed by atoms with Crippen LogP contribution < -0.4 is 15.4 Å². The van der Waals surface area contributed by atoms with E-state index in [1.54, 1.807) is 38.1 Å². The Balaban J connectivity index is 2.15. The Morgan fingerprint density at radius 3 is 2.27 bits per heavy atom. The molecule has 2 aromatic rings. The molecule has 2 aromatic carbocycles. The van der Waals surface area contributed by atoms with Crippen molar-refractivity contribution in [2.24, 2.45) is 0 Å². The van der Waals surface area contributed by atoms with Gasteiger partial charge in [0.2, 0.25) is 15.9 Å². The van der Waals surface area contributed by atoms with Crippen molar-refractivity contribution >= 4 is 39.1 Å². The number of nitrogens with zero attached hydrogens (tertiary/aromatic N) is 1. The zero-order chi connectivity index (χ0) is 22.3. The Labute approximate surface area is 181 Å². The van der Waals surface area contributed by atoms with Gasteiger partial charge in [0.1, 0.15) is 5.75 Å². The number of sulfonamides is 1. The number of hydrogen-bond donors (Lipinski definition) is 2. The quantitative estimate of drug-likeness (QED) is 0.607. The lowest BCUT2D eigenvalue weighted by atomic mass is 10.2. The second-order valence-corrected chi connectivity index (χ2v) is 8.56. The fourth-order valence-electron chi connectivity index (χ4n) is 2.73. The molecule has 10 heteroatoms. The summed E-state index contributed by atoms with van der Waals surface area (Å²) in [6.07, 6.45) is 0. The van der Waals surface area contributed by atoms with Crippen molar-refractivity contribution in [2.45, 2.75) is 18.7 Å². The molecule has 0 aliphatic heterocycles. The summed E-state index contributed by atoms with van der Waals surface area (Å²) in [7, 11) is -2.38. The normalized spacial score (nSPS) is 11.2. The molecule has 30 heavy (non-hydrogen) atoms. The van der Waals surface area contributed by atoms with E-state index in [0.29, 0.717) is 23.8 Å². The standard InChI is InChI=1S/C20H24ClN3O5S/c1-4-24(5-2)30(27,28)16-10-11-18(29-3)17(12-16)20(26)22-13-19(25)23-15-8-6-14(21)7-9-15/h6-12H,4-5,13H2,1-3H3,(H,22,26)(H,23,25). The first kappa shape index (κ1) is 23.7. The highest BCUT2D eigenvalue weighted by molar-refractivity contribution is 7.89. The number of methoxy groups -OCH3 is 1. The molecule has 162 valence electrons. The van der Waals surface area contributed by atoms with Crippen molar-refractivity contribution in [2.75, 3.05) is 32.1 Å². The number of rotatable bonds is 9. The molecule has 0 heterocycles. The number of benzene rings is 2. The van der Waals surface area contributed by atoms with Crippen molar-refractivity contribution in [1.29, 1.82) is 0 Å². The third-order valence-corrected chi connectivity index (χ3v) is 6.59. The first-order valence-electron chi connectivity index (χ1n) is 9.24. The fourth-order valence-corrected chi connectivity index (χ4v) is 4.34. The van der Waals surface area contributed by atoms with Gasteiger partial charge < -0.3 is 15.4 Å². The van der Waals surface area contributed by atoms with Crippen molar-refractivity contribution in [3.8, 4) is 5.75 Å². The fraction of sp³-hybridized carbons (Fsp3) is 0.300. The van der Waals surface area contributed by atoms with Gasteiger partial charge in [0.05, 0.1) is 24.1 Å². The van der Waals surface area contributed by atoms with Crippen LogP contribution in [-0.2, 0) is 14.8 Å². The zero-order valence-electron chi connectivity index (χ0n) is 16.9. The number of nitrogens with one attached hydrogen (secondary N) is 2. The average molecular weight is 454 g/mol. The number of anilines is 1. The van der Waals surface area contributed by atoms with Crippen LogP contribution in [0.15, 0.2) is 47.4 Å². The van der Waals surface area contributed by atoms with Crippen molar-refractivity contribution in [3.05, 3.63) is 53.1 Å². The van der Waals surface area contributed by atoms with Crippen molar-refractivity contribution in [1.82, 2.24) is 9.62 Å². The molecule has 0 aliphatic carbocycles. The van der Waals surface area contributed by atoms with Crippen LogP contribution in [0.4, 0.5) is 5.69 Å². The van der Waals surface area contributed by atoms with Crippen LogP contribution >= 0.6 is 11.6 Å². The van der Waals surface area contributed by atoms with Gasteiger partial charge in [-0.1, -0.05) is 25.4 Å². The topological polar surface area (TPSA) is 105 Å². The van der Waals surface area contributed by atoms with Crippen LogP contribution in [0.5, 0.6) is 5.75 Å². The molecule has 0 spiro atoms. The highest BCUT2D eigenvalue weighted by Crippen LogP contribution is 2.24. The first-order chi connectivity index (χ1) is 14.2. The monoisotopic (exact) mass is 453 g/mol. The smallest absolute Gasteiger partial charge is 0.255 e. The Morgan fingerprint density at radius 2 is 1.70 bits per heavy atom. The molecular formula is C20H24ClN3O5S. The second-order valence-electron chi connectivity index (χ2n) is 6.19. The molecule has 0 bridgehead atoms. The predicted octanol–water partition coefficient (Wildman–Crippen LogP) is 2.75. The summed E-state index contributed by atoms with van der Waals surface area (Å²) < 4.78 is 32.0. The molecular weight excluding hydrogens is 430 g/mol. The summed E-state index contributed by atoms with van der Waals surface area (Å²) in [5, 5.41) is 5.63. The van der Waals surface area contributed by atoms with E-state index in [1.165, 1.54) is 29.6 Å². The van der Waals surface area contributed by atoms with Gasteiger partial charge in [-0.25, -0.2) is 8.42 Å². The van der Waals surface area contributed by atoms with Crippen LogP contribution in [0.1, 0.15) is 24.2 Å². The molecule has 0 fully saturated rings. The zero-order valence-corrected chi connectivity index (χ0v) is 18.5. The molecule has 2 amide bonds. The number of amides is 2. The SMILES string of the molecule is CCN(CC)S(=O)(=O)c1ccc(OC)c(C(=O)NCC(=O)Nc2ccc(Cl)cc2)c1. The van der Waals surface area contributed by atoms with Gasteiger partial charge in [-0.2, -0.15) is 4.31 Å². The molecule has 0 unspecified atom stereocenters. The largest absolute Gasteiger partial charge is 0.496 e. The predicted molar refractivity (Wildman–Crippen MR) is 116 cm³/mol. The third-order valence-electron chi connectivity index (χ3n) is 4.30. The van der Waals surface area contributed by atoms with E-state index in [2.05, 4.69) is 10.6 Å². The minimum atomic E-state index is -3.75. The summed E-state index contributed by atoms with van der Waals surface area (Å²) in [4.78, 5) is 24.7. The maximum Gasteiger partial charge on any atom is 0.255 e. The molecule has 0 atom stereocenters. The summed E-state index contributed by atoms with van der Waals surface area (Å²) in [6, 6.07) is 10.6. The van der Waals surface area contributed by atoms with Gasteiger partial charge in [-0.05, 0) is 42.5 Å².